The summed E-state index contributed by atoms with van der Waals surface area (Å²) in [5.74, 6) is -0.754. The van der Waals surface area contributed by atoms with Gasteiger partial charge in [-0.1, -0.05) is 6.07 Å². The molecule has 7 nitrogen and oxygen atoms in total. The lowest BCUT2D eigenvalue weighted by atomic mass is 9.97. The van der Waals surface area contributed by atoms with E-state index in [9.17, 15) is 18.0 Å². The Morgan fingerprint density at radius 1 is 1.19 bits per heavy atom. The number of hydrogen-bond donors (Lipinski definition) is 1. The average molecular weight is 382 g/mol. The van der Waals surface area contributed by atoms with Crippen LogP contribution in [0.3, 0.4) is 0 Å². The zero-order valence-electron chi connectivity index (χ0n) is 15.4. The minimum atomic E-state index is -3.54. The van der Waals surface area contributed by atoms with Gasteiger partial charge in [0.1, 0.15) is 0 Å². The van der Waals surface area contributed by atoms with Gasteiger partial charge >= 0.3 is 5.97 Å². The highest BCUT2D eigenvalue weighted by Gasteiger charge is 2.32. The number of hydrogen-bond acceptors (Lipinski definition) is 5. The number of methoxy groups -OCH3 is 1. The van der Waals surface area contributed by atoms with Gasteiger partial charge in [0.2, 0.25) is 15.9 Å². The maximum atomic E-state index is 12.8. The quantitative estimate of drug-likeness (QED) is 0.751. The first-order valence-electron chi connectivity index (χ1n) is 8.67. The third kappa shape index (κ3) is 4.82. The van der Waals surface area contributed by atoms with E-state index in [0.29, 0.717) is 30.8 Å². The molecule has 1 aromatic carbocycles. The van der Waals surface area contributed by atoms with Crippen molar-refractivity contribution in [2.24, 2.45) is 5.92 Å². The first-order chi connectivity index (χ1) is 12.3. The number of carbonyl (C=O) groups excluding carboxylic acids is 2. The van der Waals surface area contributed by atoms with E-state index in [4.69, 9.17) is 0 Å². The highest BCUT2D eigenvalue weighted by molar-refractivity contribution is 7.89. The van der Waals surface area contributed by atoms with E-state index in [0.717, 1.165) is 11.1 Å². The zero-order valence-corrected chi connectivity index (χ0v) is 16.3. The summed E-state index contributed by atoms with van der Waals surface area (Å²) in [7, 11) is -2.24. The van der Waals surface area contributed by atoms with Gasteiger partial charge in [0.05, 0.1) is 18.4 Å². The van der Waals surface area contributed by atoms with Crippen molar-refractivity contribution in [2.45, 2.75) is 38.0 Å². The van der Waals surface area contributed by atoms with Crippen LogP contribution in [0, 0.1) is 19.8 Å². The van der Waals surface area contributed by atoms with Crippen LogP contribution in [-0.4, -0.2) is 51.3 Å². The number of sulfonamides is 1. The molecule has 8 heteroatoms. The van der Waals surface area contributed by atoms with Crippen LogP contribution in [0.4, 0.5) is 0 Å². The average Bonchev–Trinajstić information content (AvgIpc) is 2.63. The number of aryl methyl sites for hydroxylation is 2. The van der Waals surface area contributed by atoms with Crippen molar-refractivity contribution in [1.29, 1.82) is 0 Å². The van der Waals surface area contributed by atoms with E-state index >= 15 is 0 Å². The SMILES string of the molecule is COC(=O)CCNC(=O)C1CCN(S(=O)(=O)c2ccc(C)c(C)c2)CC1. The Morgan fingerprint density at radius 2 is 1.85 bits per heavy atom. The molecule has 1 aliphatic rings. The van der Waals surface area contributed by atoms with E-state index in [-0.39, 0.29) is 30.8 Å². The van der Waals surface area contributed by atoms with Gasteiger partial charge in [-0.15, -0.1) is 0 Å². The predicted octanol–water partition coefficient (Wildman–Crippen LogP) is 1.38. The van der Waals surface area contributed by atoms with Crippen molar-refractivity contribution < 1.29 is 22.7 Å². The lowest BCUT2D eigenvalue weighted by Gasteiger charge is -2.30. The molecule has 0 radical (unpaired) electrons. The molecule has 1 N–H and O–H groups in total. The molecule has 1 fully saturated rings. The number of nitrogens with zero attached hydrogens (tertiary/aromatic N) is 1. The summed E-state index contributed by atoms with van der Waals surface area (Å²) in [6.07, 6.45) is 1.06. The molecule has 1 heterocycles. The highest BCUT2D eigenvalue weighted by Crippen LogP contribution is 2.25. The second kappa shape index (κ2) is 8.64. The van der Waals surface area contributed by atoms with Crippen molar-refractivity contribution in [3.8, 4) is 0 Å². The van der Waals surface area contributed by atoms with Crippen LogP contribution in [0.1, 0.15) is 30.4 Å². The fourth-order valence-corrected chi connectivity index (χ4v) is 4.47. The van der Waals surface area contributed by atoms with Crippen LogP contribution in [0.15, 0.2) is 23.1 Å². The number of carbonyl (C=O) groups is 2. The van der Waals surface area contributed by atoms with Crippen LogP contribution in [0.2, 0.25) is 0 Å². The number of esters is 1. The van der Waals surface area contributed by atoms with Crippen molar-refractivity contribution in [2.75, 3.05) is 26.7 Å². The highest BCUT2D eigenvalue weighted by atomic mass is 32.2. The van der Waals surface area contributed by atoms with E-state index in [1.54, 1.807) is 12.1 Å². The van der Waals surface area contributed by atoms with Crippen LogP contribution >= 0.6 is 0 Å². The molecular formula is C18H26N2O5S. The van der Waals surface area contributed by atoms with Crippen molar-refractivity contribution in [3.05, 3.63) is 29.3 Å². The zero-order chi connectivity index (χ0) is 19.3. The van der Waals surface area contributed by atoms with Gasteiger partial charge < -0.3 is 10.1 Å². The summed E-state index contributed by atoms with van der Waals surface area (Å²) in [6.45, 7) is 4.68. The molecule has 0 spiro atoms. The molecule has 0 aromatic heterocycles. The number of rotatable bonds is 6. The van der Waals surface area contributed by atoms with Crippen molar-refractivity contribution >= 4 is 21.9 Å². The molecule has 2 rings (SSSR count). The van der Waals surface area contributed by atoms with Crippen LogP contribution in [-0.2, 0) is 24.3 Å². The topological polar surface area (TPSA) is 92.8 Å². The Kier molecular flexibility index (Phi) is 6.77. The number of benzene rings is 1. The van der Waals surface area contributed by atoms with E-state index in [2.05, 4.69) is 10.1 Å². The summed E-state index contributed by atoms with van der Waals surface area (Å²) in [5, 5.41) is 2.71. The second-order valence-corrected chi connectivity index (χ2v) is 8.48. The smallest absolute Gasteiger partial charge is 0.307 e. The minimum absolute atomic E-state index is 0.127. The largest absolute Gasteiger partial charge is 0.469 e. The van der Waals surface area contributed by atoms with Crippen molar-refractivity contribution in [3.63, 3.8) is 0 Å². The molecule has 1 amide bonds. The molecule has 0 saturated carbocycles. The fraction of sp³-hybridized carbons (Fsp3) is 0.556. The first kappa shape index (κ1) is 20.4. The molecule has 0 atom stereocenters. The normalized spacial score (nSPS) is 16.3. The monoisotopic (exact) mass is 382 g/mol. The molecule has 144 valence electrons. The summed E-state index contributed by atoms with van der Waals surface area (Å²) in [5.41, 5.74) is 1.98. The lowest BCUT2D eigenvalue weighted by molar-refractivity contribution is -0.140. The second-order valence-electron chi connectivity index (χ2n) is 6.54. The maximum absolute atomic E-state index is 12.8. The van der Waals surface area contributed by atoms with Gasteiger partial charge in [-0.2, -0.15) is 4.31 Å². The number of nitrogens with one attached hydrogen (secondary N) is 1. The minimum Gasteiger partial charge on any atom is -0.469 e. The van der Waals surface area contributed by atoms with Crippen molar-refractivity contribution in [1.82, 2.24) is 9.62 Å². The Balaban J connectivity index is 1.91. The Labute approximate surface area is 154 Å². The third-order valence-corrected chi connectivity index (χ3v) is 6.69. The Hall–Kier alpha value is -1.93. The van der Waals surface area contributed by atoms with Gasteiger partial charge in [-0.05, 0) is 49.9 Å². The van der Waals surface area contributed by atoms with Gasteiger partial charge in [0, 0.05) is 25.6 Å². The molecule has 0 aliphatic carbocycles. The van der Waals surface area contributed by atoms with Crippen LogP contribution < -0.4 is 5.32 Å². The molecular weight excluding hydrogens is 356 g/mol. The van der Waals surface area contributed by atoms with E-state index in [1.165, 1.54) is 11.4 Å². The number of ether oxygens (including phenoxy) is 1. The molecule has 26 heavy (non-hydrogen) atoms. The summed E-state index contributed by atoms with van der Waals surface area (Å²) >= 11 is 0. The predicted molar refractivity (Wildman–Crippen MR) is 97.0 cm³/mol. The maximum Gasteiger partial charge on any atom is 0.307 e. The standard InChI is InChI=1S/C18H26N2O5S/c1-13-4-5-16(12-14(13)2)26(23,24)20-10-7-15(8-11-20)18(22)19-9-6-17(21)25-3/h4-5,12,15H,6-11H2,1-3H3,(H,19,22). The van der Waals surface area contributed by atoms with Gasteiger partial charge in [-0.25, -0.2) is 8.42 Å². The lowest BCUT2D eigenvalue weighted by Crippen LogP contribution is -2.43. The molecule has 1 aliphatic heterocycles. The number of piperidine rings is 1. The fourth-order valence-electron chi connectivity index (χ4n) is 2.92. The summed E-state index contributed by atoms with van der Waals surface area (Å²) < 4.78 is 31.5. The molecule has 1 aromatic rings. The summed E-state index contributed by atoms with van der Waals surface area (Å²) in [4.78, 5) is 23.5. The Bertz CT molecular complexity index is 768. The van der Waals surface area contributed by atoms with E-state index in [1.807, 2.05) is 19.9 Å². The Morgan fingerprint density at radius 3 is 2.42 bits per heavy atom. The summed E-state index contributed by atoms with van der Waals surface area (Å²) in [6, 6.07) is 5.13. The first-order valence-corrected chi connectivity index (χ1v) is 10.1. The molecule has 0 unspecified atom stereocenters. The van der Waals surface area contributed by atoms with Crippen LogP contribution in [0.25, 0.3) is 0 Å². The van der Waals surface area contributed by atoms with Crippen LogP contribution in [0.5, 0.6) is 0 Å². The molecule has 0 bridgehead atoms. The third-order valence-electron chi connectivity index (χ3n) is 4.80. The van der Waals surface area contributed by atoms with E-state index < -0.39 is 10.0 Å². The van der Waals surface area contributed by atoms with Gasteiger partial charge in [0.15, 0.2) is 0 Å². The molecule has 1 saturated heterocycles. The van der Waals surface area contributed by atoms with Gasteiger partial charge in [-0.3, -0.25) is 9.59 Å². The number of amides is 1. The van der Waals surface area contributed by atoms with Gasteiger partial charge in [0.25, 0.3) is 0 Å².